The quantitative estimate of drug-likeness (QED) is 0.246. The molecule has 0 atom stereocenters. The van der Waals surface area contributed by atoms with Crippen molar-refractivity contribution in [2.24, 2.45) is 0 Å². The van der Waals surface area contributed by atoms with Gasteiger partial charge in [0, 0.05) is 10.8 Å². The van der Waals surface area contributed by atoms with Gasteiger partial charge >= 0.3 is 6.01 Å². The molecule has 3 heteroatoms. The summed E-state index contributed by atoms with van der Waals surface area (Å²) in [5.41, 5.74) is 13.9. The molecule has 7 aromatic rings. The molecule has 184 valence electrons. The van der Waals surface area contributed by atoms with E-state index in [0.717, 1.165) is 22.1 Å². The van der Waals surface area contributed by atoms with E-state index in [0.29, 0.717) is 6.01 Å². The lowest BCUT2D eigenvalue weighted by molar-refractivity contribution is 0.574. The number of para-hydroxylation sites is 2. The molecule has 0 unspecified atom stereocenters. The van der Waals surface area contributed by atoms with Gasteiger partial charge in [-0.05, 0) is 97.5 Å². The van der Waals surface area contributed by atoms with Crippen molar-refractivity contribution in [2.45, 2.75) is 27.7 Å². The summed E-state index contributed by atoms with van der Waals surface area (Å²) in [7, 11) is 0. The second kappa shape index (κ2) is 8.46. The Balaban J connectivity index is 1.53. The maximum absolute atomic E-state index is 6.27. The first-order valence-electron chi connectivity index (χ1n) is 13.1. The van der Waals surface area contributed by atoms with Gasteiger partial charge in [-0.1, -0.05) is 71.8 Å². The van der Waals surface area contributed by atoms with Crippen LogP contribution in [-0.2, 0) is 0 Å². The largest absolute Gasteiger partial charge is 0.423 e. The SMILES string of the molecule is Cc1ccc(-c2ccc3c(c2)c2cc(-c4c(C)cc(C)cc4C)ccc2n3-c2nc3ccccc3o2)cc1. The second-order valence-corrected chi connectivity index (χ2v) is 10.4. The molecule has 0 amide bonds. The first kappa shape index (κ1) is 22.6. The molecule has 0 aliphatic heterocycles. The van der Waals surface area contributed by atoms with Gasteiger partial charge in [0.15, 0.2) is 5.58 Å². The molecule has 0 bridgehead atoms. The smallest absolute Gasteiger partial charge is 0.307 e. The highest BCUT2D eigenvalue weighted by atomic mass is 16.4. The molecule has 0 saturated carbocycles. The van der Waals surface area contributed by atoms with Crippen LogP contribution in [0.25, 0.3) is 61.2 Å². The summed E-state index contributed by atoms with van der Waals surface area (Å²) in [6, 6.07) is 35.3. The highest BCUT2D eigenvalue weighted by molar-refractivity contribution is 6.11. The van der Waals surface area contributed by atoms with Gasteiger partial charge in [-0.3, -0.25) is 4.57 Å². The van der Waals surface area contributed by atoms with E-state index in [1.165, 1.54) is 55.3 Å². The Kier molecular flexibility index (Phi) is 5.02. The Bertz CT molecular complexity index is 1950. The fraction of sp³-hybridized carbons (Fsp3) is 0.114. The number of rotatable bonds is 3. The van der Waals surface area contributed by atoms with E-state index in [1.807, 2.05) is 24.3 Å². The molecule has 2 heterocycles. The van der Waals surface area contributed by atoms with Crippen LogP contribution in [0.5, 0.6) is 0 Å². The molecule has 3 nitrogen and oxygen atoms in total. The summed E-state index contributed by atoms with van der Waals surface area (Å²) in [5, 5.41) is 2.37. The van der Waals surface area contributed by atoms with Crippen LogP contribution in [0.2, 0.25) is 0 Å². The van der Waals surface area contributed by atoms with E-state index in [1.54, 1.807) is 0 Å². The van der Waals surface area contributed by atoms with Crippen LogP contribution in [0, 0.1) is 27.7 Å². The van der Waals surface area contributed by atoms with Crippen molar-refractivity contribution in [1.29, 1.82) is 0 Å². The van der Waals surface area contributed by atoms with Gasteiger partial charge in [-0.25, -0.2) is 0 Å². The van der Waals surface area contributed by atoms with E-state index >= 15 is 0 Å². The van der Waals surface area contributed by atoms with Crippen LogP contribution in [0.4, 0.5) is 0 Å². The number of hydrogen-bond donors (Lipinski definition) is 0. The Morgan fingerprint density at radius 3 is 1.87 bits per heavy atom. The fourth-order valence-electron chi connectivity index (χ4n) is 5.90. The zero-order valence-corrected chi connectivity index (χ0v) is 22.0. The fourth-order valence-corrected chi connectivity index (χ4v) is 5.90. The van der Waals surface area contributed by atoms with E-state index < -0.39 is 0 Å². The summed E-state index contributed by atoms with van der Waals surface area (Å²) >= 11 is 0. The first-order valence-corrected chi connectivity index (χ1v) is 13.1. The van der Waals surface area contributed by atoms with Crippen molar-refractivity contribution >= 4 is 32.9 Å². The number of aromatic nitrogens is 2. The number of nitrogens with zero attached hydrogens (tertiary/aromatic N) is 2. The van der Waals surface area contributed by atoms with Gasteiger partial charge in [0.1, 0.15) is 5.52 Å². The lowest BCUT2D eigenvalue weighted by Crippen LogP contribution is -1.94. The Morgan fingerprint density at radius 1 is 0.579 bits per heavy atom. The highest BCUT2D eigenvalue weighted by Gasteiger charge is 2.19. The molecule has 0 spiro atoms. The van der Waals surface area contributed by atoms with Gasteiger partial charge in [0.2, 0.25) is 0 Å². The van der Waals surface area contributed by atoms with Crippen LogP contribution < -0.4 is 0 Å². The summed E-state index contributed by atoms with van der Waals surface area (Å²) in [6.45, 7) is 8.69. The van der Waals surface area contributed by atoms with Gasteiger partial charge in [-0.2, -0.15) is 4.98 Å². The van der Waals surface area contributed by atoms with Crippen LogP contribution in [0.1, 0.15) is 22.3 Å². The molecule has 0 saturated heterocycles. The van der Waals surface area contributed by atoms with E-state index in [2.05, 4.69) is 105 Å². The third-order valence-electron chi connectivity index (χ3n) is 7.59. The van der Waals surface area contributed by atoms with Crippen LogP contribution in [0.3, 0.4) is 0 Å². The van der Waals surface area contributed by atoms with E-state index in [9.17, 15) is 0 Å². The monoisotopic (exact) mass is 492 g/mol. The maximum atomic E-state index is 6.27. The molecular formula is C35H28N2O. The molecule has 0 aliphatic rings. The Labute approximate surface area is 222 Å². The lowest BCUT2D eigenvalue weighted by Gasteiger charge is -2.12. The van der Waals surface area contributed by atoms with Crippen LogP contribution >= 0.6 is 0 Å². The summed E-state index contributed by atoms with van der Waals surface area (Å²) in [4.78, 5) is 4.86. The summed E-state index contributed by atoms with van der Waals surface area (Å²) in [5.74, 6) is 0. The number of hydrogen-bond acceptors (Lipinski definition) is 2. The van der Waals surface area contributed by atoms with Crippen molar-refractivity contribution in [3.05, 3.63) is 119 Å². The van der Waals surface area contributed by atoms with E-state index in [-0.39, 0.29) is 0 Å². The zero-order valence-electron chi connectivity index (χ0n) is 22.0. The van der Waals surface area contributed by atoms with Crippen molar-refractivity contribution in [3.63, 3.8) is 0 Å². The van der Waals surface area contributed by atoms with Crippen LogP contribution in [0.15, 0.2) is 101 Å². The molecule has 0 radical (unpaired) electrons. The number of benzene rings is 5. The molecule has 5 aromatic carbocycles. The van der Waals surface area contributed by atoms with Crippen molar-refractivity contribution in [3.8, 4) is 28.3 Å². The number of aryl methyl sites for hydroxylation is 4. The molecule has 7 rings (SSSR count). The van der Waals surface area contributed by atoms with Gasteiger partial charge in [0.25, 0.3) is 0 Å². The molecule has 0 aliphatic carbocycles. The van der Waals surface area contributed by atoms with E-state index in [4.69, 9.17) is 9.40 Å². The summed E-state index contributed by atoms with van der Waals surface area (Å²) < 4.78 is 8.43. The normalized spacial score (nSPS) is 11.7. The highest BCUT2D eigenvalue weighted by Crippen LogP contribution is 2.38. The predicted octanol–water partition coefficient (Wildman–Crippen LogP) is 9.49. The molecule has 38 heavy (non-hydrogen) atoms. The lowest BCUT2D eigenvalue weighted by atomic mass is 9.93. The molecule has 0 fully saturated rings. The number of fused-ring (bicyclic) bond motifs is 4. The predicted molar refractivity (Wildman–Crippen MR) is 158 cm³/mol. The topological polar surface area (TPSA) is 31.0 Å². The summed E-state index contributed by atoms with van der Waals surface area (Å²) in [6.07, 6.45) is 0. The van der Waals surface area contributed by atoms with Crippen LogP contribution in [-0.4, -0.2) is 9.55 Å². The first-order chi connectivity index (χ1) is 18.5. The molecular weight excluding hydrogens is 464 g/mol. The van der Waals surface area contributed by atoms with Gasteiger partial charge < -0.3 is 4.42 Å². The maximum Gasteiger partial charge on any atom is 0.307 e. The minimum Gasteiger partial charge on any atom is -0.423 e. The average Bonchev–Trinajstić information content (AvgIpc) is 3.47. The standard InChI is InChI=1S/C35H28N2O/c1-21-9-11-25(12-10-21)26-13-15-31-28(19-26)29-20-27(34-23(3)17-22(2)18-24(34)4)14-16-32(29)37(31)35-36-30-7-5-6-8-33(30)38-35/h5-20H,1-4H3. The molecule has 2 aromatic heterocycles. The van der Waals surface area contributed by atoms with Crippen molar-refractivity contribution in [2.75, 3.05) is 0 Å². The zero-order chi connectivity index (χ0) is 26.0. The third kappa shape index (κ3) is 3.54. The Hall–Kier alpha value is -4.63. The van der Waals surface area contributed by atoms with Gasteiger partial charge in [0.05, 0.1) is 11.0 Å². The van der Waals surface area contributed by atoms with Gasteiger partial charge in [-0.15, -0.1) is 0 Å². The minimum absolute atomic E-state index is 0.588. The third-order valence-corrected chi connectivity index (χ3v) is 7.59. The second-order valence-electron chi connectivity index (χ2n) is 10.4. The number of oxazole rings is 1. The van der Waals surface area contributed by atoms with Crippen molar-refractivity contribution < 1.29 is 4.42 Å². The molecule has 0 N–H and O–H groups in total. The average molecular weight is 493 g/mol. The van der Waals surface area contributed by atoms with Crippen molar-refractivity contribution in [1.82, 2.24) is 9.55 Å². The Morgan fingerprint density at radius 2 is 1.18 bits per heavy atom. The minimum atomic E-state index is 0.588.